The van der Waals surface area contributed by atoms with Crippen LogP contribution in [0.2, 0.25) is 0 Å². The van der Waals surface area contributed by atoms with Crippen LogP contribution in [0.25, 0.3) is 22.1 Å². The molecule has 6 N–H and O–H groups in total. The van der Waals surface area contributed by atoms with Gasteiger partial charge in [-0.1, -0.05) is 24.3 Å². The number of rotatable bonds is 4. The summed E-state index contributed by atoms with van der Waals surface area (Å²) in [6, 6.07) is 25.3. The zero-order valence-corrected chi connectivity index (χ0v) is 23.4. The molecule has 13 heteroatoms. The lowest BCUT2D eigenvalue weighted by Crippen LogP contribution is -2.61. The molecule has 0 spiro atoms. The zero-order valence-electron chi connectivity index (χ0n) is 21.2. The van der Waals surface area contributed by atoms with Gasteiger partial charge in [0, 0.05) is 16.0 Å². The maximum Gasteiger partial charge on any atom is 0.231 e. The van der Waals surface area contributed by atoms with Gasteiger partial charge in [-0.15, -0.1) is 0 Å². The molecule has 6 heterocycles. The normalized spacial score (nSPS) is 21.2. The molecule has 0 amide bonds. The number of aromatic amines is 2. The van der Waals surface area contributed by atoms with Crippen LogP contribution in [0.5, 0.6) is 0 Å². The van der Waals surface area contributed by atoms with Crippen molar-refractivity contribution < 1.29 is 0 Å². The molecule has 4 aromatic heterocycles. The molecule has 2 aliphatic heterocycles. The Morgan fingerprint density at radius 2 is 1.12 bits per heavy atom. The molecule has 6 aromatic rings. The number of pyridine rings is 2. The van der Waals surface area contributed by atoms with E-state index in [1.165, 1.54) is 0 Å². The fourth-order valence-corrected chi connectivity index (χ4v) is 5.83. The SMILES string of the molecule is Ic1ccc2[nH]c(N=C3NC4(c5ccccn5)NC(=Nc5nc6ccccc6[nH]5)NC4(c4ccccn4)N3)nc2c1. The summed E-state index contributed by atoms with van der Waals surface area (Å²) in [5.74, 6) is 1.86. The van der Waals surface area contributed by atoms with Gasteiger partial charge in [-0.2, -0.15) is 9.98 Å². The molecule has 41 heavy (non-hydrogen) atoms. The second kappa shape index (κ2) is 8.99. The second-order valence-electron chi connectivity index (χ2n) is 9.65. The summed E-state index contributed by atoms with van der Waals surface area (Å²) in [6.45, 7) is 0. The fraction of sp³-hybridized carbons (Fsp3) is 0.0714. The van der Waals surface area contributed by atoms with Gasteiger partial charge in [0.25, 0.3) is 0 Å². The van der Waals surface area contributed by atoms with Gasteiger partial charge in [0.15, 0.2) is 0 Å². The highest BCUT2D eigenvalue weighted by atomic mass is 127. The Bertz CT molecular complexity index is 1890. The third kappa shape index (κ3) is 3.80. The standard InChI is InChI=1S/C28H21IN12/c29-16-11-12-19-20(15-16)35-24(34-19)37-26-40-27(21-9-3-5-13-30-21)28(41-26,22-10-4-6-14-31-22)39-25(38-27)36-23-32-17-7-1-2-8-18(17)33-23/h1-15H,(H3,32,33,36,38,39)(H3,34,35,37,40,41). The topological polar surface area (TPSA) is 156 Å². The highest BCUT2D eigenvalue weighted by Crippen LogP contribution is 2.42. The number of aromatic nitrogens is 6. The maximum atomic E-state index is 4.82. The molecule has 200 valence electrons. The van der Waals surface area contributed by atoms with Crippen molar-refractivity contribution in [2.24, 2.45) is 9.98 Å². The lowest BCUT2D eigenvalue weighted by atomic mass is 9.88. The summed E-state index contributed by atoms with van der Waals surface area (Å²) in [6.07, 6.45) is 3.50. The van der Waals surface area contributed by atoms with Crippen LogP contribution in [0.1, 0.15) is 11.4 Å². The molecule has 0 bridgehead atoms. The molecule has 2 atom stereocenters. The predicted octanol–water partition coefficient (Wildman–Crippen LogP) is 3.60. The number of para-hydroxylation sites is 2. The third-order valence-corrected chi connectivity index (χ3v) is 7.80. The minimum absolute atomic E-state index is 0.458. The number of hydrogen-bond donors (Lipinski definition) is 6. The smallest absolute Gasteiger partial charge is 0.231 e. The van der Waals surface area contributed by atoms with Crippen molar-refractivity contribution in [3.63, 3.8) is 0 Å². The lowest BCUT2D eigenvalue weighted by Gasteiger charge is -2.36. The van der Waals surface area contributed by atoms with Gasteiger partial charge in [0.1, 0.15) is 0 Å². The second-order valence-corrected chi connectivity index (χ2v) is 10.9. The Balaban J connectivity index is 1.28. The number of fused-ring (bicyclic) bond motifs is 3. The molecule has 2 fully saturated rings. The van der Waals surface area contributed by atoms with Crippen LogP contribution >= 0.6 is 22.6 Å². The number of nitrogens with one attached hydrogen (secondary N) is 6. The van der Waals surface area contributed by atoms with E-state index >= 15 is 0 Å². The van der Waals surface area contributed by atoms with Crippen LogP contribution < -0.4 is 21.3 Å². The molecule has 2 unspecified atom stereocenters. The Hall–Kier alpha value is -5.05. The quantitative estimate of drug-likeness (QED) is 0.158. The molecule has 12 nitrogen and oxygen atoms in total. The molecular formula is C28H21IN12. The number of halogens is 1. The molecule has 8 rings (SSSR count). The van der Waals surface area contributed by atoms with Crippen molar-refractivity contribution in [1.29, 1.82) is 0 Å². The van der Waals surface area contributed by atoms with Crippen molar-refractivity contribution in [2.75, 3.05) is 0 Å². The molecule has 2 saturated heterocycles. The number of aliphatic imine (C=N–C) groups is 2. The van der Waals surface area contributed by atoms with E-state index in [0.29, 0.717) is 35.2 Å². The van der Waals surface area contributed by atoms with Gasteiger partial charge in [0.05, 0.1) is 33.5 Å². The number of guanidine groups is 2. The van der Waals surface area contributed by atoms with Gasteiger partial charge >= 0.3 is 0 Å². The van der Waals surface area contributed by atoms with E-state index in [9.17, 15) is 0 Å². The molecule has 0 saturated carbocycles. The van der Waals surface area contributed by atoms with E-state index in [4.69, 9.17) is 20.0 Å². The average Bonchev–Trinajstić information content (AvgIpc) is 3.73. The number of nitrogens with zero attached hydrogens (tertiary/aromatic N) is 6. The third-order valence-electron chi connectivity index (χ3n) is 7.13. The van der Waals surface area contributed by atoms with Gasteiger partial charge in [0.2, 0.25) is 35.1 Å². The Morgan fingerprint density at radius 3 is 1.68 bits per heavy atom. The van der Waals surface area contributed by atoms with E-state index in [-0.39, 0.29) is 0 Å². The van der Waals surface area contributed by atoms with Gasteiger partial charge in [-0.05, 0) is 77.2 Å². The van der Waals surface area contributed by atoms with Gasteiger partial charge in [-0.25, -0.2) is 9.97 Å². The van der Waals surface area contributed by atoms with Gasteiger partial charge < -0.3 is 31.2 Å². The van der Waals surface area contributed by atoms with Crippen LogP contribution in [-0.4, -0.2) is 41.8 Å². The molecule has 0 aliphatic carbocycles. The van der Waals surface area contributed by atoms with Crippen LogP contribution in [0.3, 0.4) is 0 Å². The first-order valence-electron chi connectivity index (χ1n) is 12.8. The Kier molecular flexibility index (Phi) is 5.22. The van der Waals surface area contributed by atoms with Crippen LogP contribution in [0.15, 0.2) is 101 Å². The largest absolute Gasteiger partial charge is 0.324 e. The van der Waals surface area contributed by atoms with Crippen molar-refractivity contribution in [3.8, 4) is 0 Å². The molecule has 0 radical (unpaired) electrons. The summed E-state index contributed by atoms with van der Waals surface area (Å²) in [7, 11) is 0. The minimum Gasteiger partial charge on any atom is -0.324 e. The number of hydrogen-bond acceptors (Lipinski definition) is 6. The summed E-state index contributed by atoms with van der Waals surface area (Å²) in [5.41, 5.74) is 2.71. The van der Waals surface area contributed by atoms with E-state index in [1.807, 2.05) is 78.9 Å². The van der Waals surface area contributed by atoms with Gasteiger partial charge in [-0.3, -0.25) is 9.97 Å². The summed E-state index contributed by atoms with van der Waals surface area (Å²) >= 11 is 2.27. The van der Waals surface area contributed by atoms with Crippen molar-refractivity contribution in [2.45, 2.75) is 11.3 Å². The highest BCUT2D eigenvalue weighted by molar-refractivity contribution is 14.1. The predicted molar refractivity (Wildman–Crippen MR) is 163 cm³/mol. The number of H-pyrrole nitrogens is 2. The fourth-order valence-electron chi connectivity index (χ4n) is 5.35. The number of benzene rings is 2. The monoisotopic (exact) mass is 652 g/mol. The average molecular weight is 652 g/mol. The maximum absolute atomic E-state index is 4.82. The van der Waals surface area contributed by atoms with Crippen molar-refractivity contribution in [1.82, 2.24) is 51.2 Å². The van der Waals surface area contributed by atoms with Crippen LogP contribution in [-0.2, 0) is 11.3 Å². The van der Waals surface area contributed by atoms with E-state index < -0.39 is 11.3 Å². The first kappa shape index (κ1) is 23.8. The molecule has 2 aromatic carbocycles. The summed E-state index contributed by atoms with van der Waals surface area (Å²) < 4.78 is 1.10. The van der Waals surface area contributed by atoms with E-state index in [2.05, 4.69) is 63.8 Å². The Morgan fingerprint density at radius 1 is 0.585 bits per heavy atom. The van der Waals surface area contributed by atoms with Crippen molar-refractivity contribution >= 4 is 68.5 Å². The Labute approximate surface area is 246 Å². The summed E-state index contributed by atoms with van der Waals surface area (Å²) in [4.78, 5) is 34.9. The van der Waals surface area contributed by atoms with Crippen LogP contribution in [0.4, 0.5) is 11.9 Å². The van der Waals surface area contributed by atoms with Crippen LogP contribution in [0, 0.1) is 3.57 Å². The summed E-state index contributed by atoms with van der Waals surface area (Å²) in [5, 5.41) is 14.2. The minimum atomic E-state index is -1.08. The molecular weight excluding hydrogens is 631 g/mol. The zero-order chi connectivity index (χ0) is 27.4. The highest BCUT2D eigenvalue weighted by Gasteiger charge is 2.67. The number of imidazole rings is 2. The van der Waals surface area contributed by atoms with E-state index in [1.54, 1.807) is 12.4 Å². The lowest BCUT2D eigenvalue weighted by molar-refractivity contribution is 0.197. The van der Waals surface area contributed by atoms with Crippen molar-refractivity contribution in [3.05, 3.63) is 106 Å². The first-order valence-corrected chi connectivity index (χ1v) is 13.9. The van der Waals surface area contributed by atoms with E-state index in [0.717, 1.165) is 25.6 Å². The first-order chi connectivity index (χ1) is 20.1. The molecule has 2 aliphatic rings.